The highest BCUT2D eigenvalue weighted by Gasteiger charge is 2.16. The number of aryl methyl sites for hydroxylation is 1. The molecule has 0 saturated carbocycles. The van der Waals surface area contributed by atoms with E-state index in [0.29, 0.717) is 0 Å². The second kappa shape index (κ2) is 8.51. The Bertz CT molecular complexity index is 925. The van der Waals surface area contributed by atoms with Gasteiger partial charge in [0.15, 0.2) is 11.0 Å². The molecule has 5 nitrogen and oxygen atoms in total. The first-order chi connectivity index (χ1) is 12.6. The number of anilines is 1. The number of rotatable bonds is 6. The van der Waals surface area contributed by atoms with Crippen LogP contribution in [0.15, 0.2) is 58.2 Å². The van der Waals surface area contributed by atoms with Crippen LogP contribution in [0.4, 0.5) is 5.69 Å². The van der Waals surface area contributed by atoms with Gasteiger partial charge in [-0.1, -0.05) is 58.0 Å². The quantitative estimate of drug-likeness (QED) is 0.572. The molecule has 0 bridgehead atoms. The maximum absolute atomic E-state index is 12.2. The summed E-state index contributed by atoms with van der Waals surface area (Å²) in [6.07, 6.45) is 0. The van der Waals surface area contributed by atoms with Crippen molar-refractivity contribution in [2.24, 2.45) is 0 Å². The Hall–Kier alpha value is -2.12. The Morgan fingerprint density at radius 3 is 2.73 bits per heavy atom. The zero-order valence-electron chi connectivity index (χ0n) is 14.6. The molecule has 0 unspecified atom stereocenters. The van der Waals surface area contributed by atoms with E-state index < -0.39 is 0 Å². The number of amides is 1. The molecule has 1 amide bonds. The highest BCUT2D eigenvalue weighted by atomic mass is 79.9. The Labute approximate surface area is 165 Å². The molecule has 2 aromatic carbocycles. The van der Waals surface area contributed by atoms with E-state index in [1.54, 1.807) is 0 Å². The normalized spacial score (nSPS) is 10.7. The van der Waals surface area contributed by atoms with E-state index in [1.807, 2.05) is 66.9 Å². The summed E-state index contributed by atoms with van der Waals surface area (Å²) in [6, 6.07) is 15.7. The number of hydrogen-bond donors (Lipinski definition) is 1. The average molecular weight is 431 g/mol. The minimum absolute atomic E-state index is 0.0614. The largest absolute Gasteiger partial charge is 0.325 e. The number of carbonyl (C=O) groups is 1. The van der Waals surface area contributed by atoms with Crippen molar-refractivity contribution in [3.05, 3.63) is 58.6 Å². The standard InChI is InChI=1S/C19H19BrN4OS/c1-3-24-18(15-9-4-5-10-16(15)20)22-23-19(24)26-12-17(25)21-14-8-6-7-13(2)11-14/h4-11H,3,12H2,1-2H3,(H,21,25). The maximum Gasteiger partial charge on any atom is 0.234 e. The van der Waals surface area contributed by atoms with Crippen LogP contribution in [0, 0.1) is 6.92 Å². The molecule has 1 heterocycles. The summed E-state index contributed by atoms with van der Waals surface area (Å²) in [5.74, 6) is 1.01. The van der Waals surface area contributed by atoms with Crippen molar-refractivity contribution in [2.75, 3.05) is 11.1 Å². The van der Waals surface area contributed by atoms with Gasteiger partial charge in [-0.15, -0.1) is 10.2 Å². The van der Waals surface area contributed by atoms with Crippen LogP contribution in [0.1, 0.15) is 12.5 Å². The van der Waals surface area contributed by atoms with Crippen molar-refractivity contribution in [1.82, 2.24) is 14.8 Å². The zero-order chi connectivity index (χ0) is 18.5. The van der Waals surface area contributed by atoms with Gasteiger partial charge in [0, 0.05) is 22.3 Å². The van der Waals surface area contributed by atoms with E-state index in [2.05, 4.69) is 31.4 Å². The van der Waals surface area contributed by atoms with E-state index in [9.17, 15) is 4.79 Å². The number of nitrogens with zero attached hydrogens (tertiary/aromatic N) is 3. The number of aromatic nitrogens is 3. The molecule has 0 fully saturated rings. The van der Waals surface area contributed by atoms with Gasteiger partial charge in [-0.05, 0) is 37.6 Å². The predicted molar refractivity (Wildman–Crippen MR) is 109 cm³/mol. The minimum Gasteiger partial charge on any atom is -0.325 e. The summed E-state index contributed by atoms with van der Waals surface area (Å²) in [7, 11) is 0. The Morgan fingerprint density at radius 2 is 2.00 bits per heavy atom. The summed E-state index contributed by atoms with van der Waals surface area (Å²) < 4.78 is 2.99. The fourth-order valence-electron chi connectivity index (χ4n) is 2.57. The average Bonchev–Trinajstić information content (AvgIpc) is 3.03. The van der Waals surface area contributed by atoms with Crippen LogP contribution in [0.25, 0.3) is 11.4 Å². The number of hydrogen-bond acceptors (Lipinski definition) is 4. The van der Waals surface area contributed by atoms with Gasteiger partial charge >= 0.3 is 0 Å². The molecular formula is C19H19BrN4OS. The van der Waals surface area contributed by atoms with Crippen molar-refractivity contribution < 1.29 is 4.79 Å². The topological polar surface area (TPSA) is 59.8 Å². The molecule has 0 radical (unpaired) electrons. The number of halogens is 1. The van der Waals surface area contributed by atoms with Crippen LogP contribution < -0.4 is 5.32 Å². The van der Waals surface area contributed by atoms with E-state index in [1.165, 1.54) is 11.8 Å². The molecule has 0 atom stereocenters. The lowest BCUT2D eigenvalue weighted by molar-refractivity contribution is -0.113. The van der Waals surface area contributed by atoms with Crippen molar-refractivity contribution in [1.29, 1.82) is 0 Å². The molecule has 0 aliphatic carbocycles. The zero-order valence-corrected chi connectivity index (χ0v) is 17.0. The Morgan fingerprint density at radius 1 is 1.19 bits per heavy atom. The van der Waals surface area contributed by atoms with Gasteiger partial charge in [0.1, 0.15) is 0 Å². The van der Waals surface area contributed by atoms with Gasteiger partial charge in [-0.25, -0.2) is 0 Å². The summed E-state index contributed by atoms with van der Waals surface area (Å²) in [5.41, 5.74) is 2.90. The molecule has 134 valence electrons. The minimum atomic E-state index is -0.0614. The van der Waals surface area contributed by atoms with E-state index in [0.717, 1.165) is 38.8 Å². The van der Waals surface area contributed by atoms with Gasteiger partial charge in [-0.2, -0.15) is 0 Å². The summed E-state index contributed by atoms with van der Waals surface area (Å²) in [4.78, 5) is 12.2. The monoisotopic (exact) mass is 430 g/mol. The van der Waals surface area contributed by atoms with E-state index in [-0.39, 0.29) is 11.7 Å². The fraction of sp³-hybridized carbons (Fsp3) is 0.211. The van der Waals surface area contributed by atoms with Crippen LogP contribution >= 0.6 is 27.7 Å². The second-order valence-corrected chi connectivity index (χ2v) is 7.53. The molecule has 0 aliphatic rings. The van der Waals surface area contributed by atoms with Crippen molar-refractivity contribution in [3.8, 4) is 11.4 Å². The van der Waals surface area contributed by atoms with Gasteiger partial charge in [0.2, 0.25) is 5.91 Å². The first-order valence-electron chi connectivity index (χ1n) is 8.26. The molecule has 0 spiro atoms. The van der Waals surface area contributed by atoms with Crippen LogP contribution in [0.3, 0.4) is 0 Å². The van der Waals surface area contributed by atoms with E-state index >= 15 is 0 Å². The first kappa shape index (κ1) is 18.7. The van der Waals surface area contributed by atoms with Crippen molar-refractivity contribution >= 4 is 39.3 Å². The number of benzene rings is 2. The van der Waals surface area contributed by atoms with E-state index in [4.69, 9.17) is 0 Å². The third kappa shape index (κ3) is 4.34. The molecule has 1 N–H and O–H groups in total. The lowest BCUT2D eigenvalue weighted by atomic mass is 10.2. The summed E-state index contributed by atoms with van der Waals surface area (Å²) >= 11 is 4.95. The third-order valence-electron chi connectivity index (χ3n) is 3.78. The van der Waals surface area contributed by atoms with Crippen LogP contribution in [0.5, 0.6) is 0 Å². The lowest BCUT2D eigenvalue weighted by Gasteiger charge is -2.09. The van der Waals surface area contributed by atoms with Gasteiger partial charge < -0.3 is 9.88 Å². The SMILES string of the molecule is CCn1c(SCC(=O)Nc2cccc(C)c2)nnc1-c1ccccc1Br. The van der Waals surface area contributed by atoms with Gasteiger partial charge in [-0.3, -0.25) is 4.79 Å². The molecule has 7 heteroatoms. The molecule has 26 heavy (non-hydrogen) atoms. The lowest BCUT2D eigenvalue weighted by Crippen LogP contribution is -2.14. The summed E-state index contributed by atoms with van der Waals surface area (Å²) in [5, 5.41) is 12.2. The van der Waals surface area contributed by atoms with Gasteiger partial charge in [0.25, 0.3) is 0 Å². The molecule has 0 saturated heterocycles. The third-order valence-corrected chi connectivity index (χ3v) is 5.44. The Balaban J connectivity index is 1.71. The van der Waals surface area contributed by atoms with Crippen molar-refractivity contribution in [2.45, 2.75) is 25.5 Å². The number of nitrogens with one attached hydrogen (secondary N) is 1. The molecule has 1 aromatic heterocycles. The molecule has 3 aromatic rings. The van der Waals surface area contributed by atoms with Gasteiger partial charge in [0.05, 0.1) is 5.75 Å². The van der Waals surface area contributed by atoms with Crippen molar-refractivity contribution in [3.63, 3.8) is 0 Å². The fourth-order valence-corrected chi connectivity index (χ4v) is 3.84. The first-order valence-corrected chi connectivity index (χ1v) is 10.0. The van der Waals surface area contributed by atoms with Crippen LogP contribution in [-0.4, -0.2) is 26.4 Å². The predicted octanol–water partition coefficient (Wildman–Crippen LogP) is 4.77. The number of carbonyl (C=O) groups excluding carboxylic acids is 1. The molecular weight excluding hydrogens is 412 g/mol. The Kier molecular flexibility index (Phi) is 6.11. The molecule has 3 rings (SSSR count). The van der Waals surface area contributed by atoms with Crippen LogP contribution in [-0.2, 0) is 11.3 Å². The highest BCUT2D eigenvalue weighted by molar-refractivity contribution is 9.10. The maximum atomic E-state index is 12.2. The highest BCUT2D eigenvalue weighted by Crippen LogP contribution is 2.29. The smallest absolute Gasteiger partial charge is 0.234 e. The second-order valence-electron chi connectivity index (χ2n) is 5.74. The summed E-state index contributed by atoms with van der Waals surface area (Å²) in [6.45, 7) is 4.77. The molecule has 0 aliphatic heterocycles. The van der Waals surface area contributed by atoms with Crippen LogP contribution in [0.2, 0.25) is 0 Å². The number of thioether (sulfide) groups is 1.